The number of rotatable bonds is 34. The van der Waals surface area contributed by atoms with Crippen LogP contribution < -0.4 is 0 Å². The van der Waals surface area contributed by atoms with Crippen LogP contribution in [0.15, 0.2) is 0 Å². The van der Waals surface area contributed by atoms with Gasteiger partial charge in [0.25, 0.3) is 0 Å². The molecule has 2 N–H and O–H groups in total. The Morgan fingerprint density at radius 2 is 0.791 bits per heavy atom. The van der Waals surface area contributed by atoms with E-state index in [1.807, 2.05) is 0 Å². The second kappa shape index (κ2) is 33.7. The molecule has 0 aliphatic rings. The van der Waals surface area contributed by atoms with Crippen LogP contribution in [0.1, 0.15) is 181 Å². The normalized spacial score (nSPS) is 12.7. The van der Waals surface area contributed by atoms with Crippen LogP contribution in [0.2, 0.25) is 0 Å². The molecule has 2 unspecified atom stereocenters. The molecule has 0 spiro atoms. The van der Waals surface area contributed by atoms with Crippen molar-refractivity contribution in [1.29, 1.82) is 0 Å². The first-order valence-corrected chi connectivity index (χ1v) is 18.2. The summed E-state index contributed by atoms with van der Waals surface area (Å²) in [6, 6.07) is 0. The number of carbonyl (C=O) groups is 2. The number of hydrogen-bond acceptors (Lipinski definition) is 7. The summed E-state index contributed by atoms with van der Waals surface area (Å²) in [5.74, 6) is -0.574. The molecule has 0 aromatic heterocycles. The van der Waals surface area contributed by atoms with Crippen LogP contribution in [0.4, 0.5) is 0 Å². The maximum absolute atomic E-state index is 12.2. The number of carbonyl (C=O) groups excluding carboxylic acids is 2. The van der Waals surface area contributed by atoms with Crippen LogP contribution in [0, 0.1) is 0 Å². The fourth-order valence-electron chi connectivity index (χ4n) is 5.18. The number of aliphatic hydroxyl groups excluding tert-OH is 2. The third kappa shape index (κ3) is 32.0. The molecule has 0 aliphatic carbocycles. The maximum Gasteiger partial charge on any atom is 0.305 e. The van der Waals surface area contributed by atoms with Gasteiger partial charge >= 0.3 is 11.9 Å². The molecule has 0 aromatic carbocycles. The van der Waals surface area contributed by atoms with Gasteiger partial charge in [0.15, 0.2) is 0 Å². The first-order chi connectivity index (χ1) is 21.0. The Morgan fingerprint density at radius 3 is 1.09 bits per heavy atom. The molecule has 0 rings (SSSR count). The Kier molecular flexibility index (Phi) is 32.8. The average molecular weight is 615 g/mol. The SMILES string of the molecule is CCCCCCCCCCCCCCCCCC(=O)OCC(COC(=O)CCCCCCCCCCC)OCC(O)CO. The first kappa shape index (κ1) is 41.8. The topological polar surface area (TPSA) is 102 Å². The molecule has 7 heteroatoms. The van der Waals surface area contributed by atoms with Gasteiger partial charge in [0.1, 0.15) is 25.4 Å². The Bertz CT molecular complexity index is 598. The molecule has 0 saturated carbocycles. The van der Waals surface area contributed by atoms with E-state index < -0.39 is 18.8 Å². The second-order valence-corrected chi connectivity index (χ2v) is 12.4. The van der Waals surface area contributed by atoms with Gasteiger partial charge in [-0.3, -0.25) is 9.59 Å². The van der Waals surface area contributed by atoms with E-state index in [9.17, 15) is 14.7 Å². The molecule has 0 radical (unpaired) electrons. The van der Waals surface area contributed by atoms with Crippen LogP contribution in [-0.2, 0) is 23.8 Å². The molecule has 0 aromatic rings. The molecule has 0 aliphatic heterocycles. The van der Waals surface area contributed by atoms with Gasteiger partial charge in [0.05, 0.1) is 13.2 Å². The predicted molar refractivity (Wildman–Crippen MR) is 176 cm³/mol. The van der Waals surface area contributed by atoms with Crippen LogP contribution >= 0.6 is 0 Å². The van der Waals surface area contributed by atoms with E-state index in [1.54, 1.807) is 0 Å². The summed E-state index contributed by atoms with van der Waals surface area (Å²) in [4.78, 5) is 24.4. The molecule has 0 amide bonds. The van der Waals surface area contributed by atoms with E-state index in [0.717, 1.165) is 38.5 Å². The summed E-state index contributed by atoms with van der Waals surface area (Å²) >= 11 is 0. The zero-order valence-corrected chi connectivity index (χ0v) is 28.3. The highest BCUT2D eigenvalue weighted by molar-refractivity contribution is 5.69. The van der Waals surface area contributed by atoms with E-state index in [4.69, 9.17) is 19.3 Å². The largest absolute Gasteiger partial charge is 0.463 e. The lowest BCUT2D eigenvalue weighted by atomic mass is 10.0. The lowest BCUT2D eigenvalue weighted by Crippen LogP contribution is -2.32. The van der Waals surface area contributed by atoms with Gasteiger partial charge in [-0.2, -0.15) is 0 Å². The van der Waals surface area contributed by atoms with Gasteiger partial charge in [-0.05, 0) is 12.8 Å². The summed E-state index contributed by atoms with van der Waals surface area (Å²) in [5, 5.41) is 18.7. The van der Waals surface area contributed by atoms with Crippen LogP contribution in [-0.4, -0.2) is 60.8 Å². The van der Waals surface area contributed by atoms with Crippen molar-refractivity contribution in [1.82, 2.24) is 0 Å². The Morgan fingerprint density at radius 1 is 0.488 bits per heavy atom. The number of ether oxygens (including phenoxy) is 3. The average Bonchev–Trinajstić information content (AvgIpc) is 3.01. The van der Waals surface area contributed by atoms with Crippen molar-refractivity contribution in [3.8, 4) is 0 Å². The summed E-state index contributed by atoms with van der Waals surface area (Å²) < 4.78 is 16.3. The summed E-state index contributed by atoms with van der Waals surface area (Å²) in [5.41, 5.74) is 0. The molecular formula is C36H70O7. The van der Waals surface area contributed by atoms with E-state index in [2.05, 4.69) is 13.8 Å². The van der Waals surface area contributed by atoms with E-state index in [1.165, 1.54) is 116 Å². The molecule has 43 heavy (non-hydrogen) atoms. The molecule has 0 bridgehead atoms. The molecule has 7 nitrogen and oxygen atoms in total. The van der Waals surface area contributed by atoms with Crippen molar-refractivity contribution in [2.24, 2.45) is 0 Å². The zero-order chi connectivity index (χ0) is 31.6. The molecule has 256 valence electrons. The van der Waals surface area contributed by atoms with Gasteiger partial charge in [-0.1, -0.05) is 155 Å². The van der Waals surface area contributed by atoms with Crippen molar-refractivity contribution >= 4 is 11.9 Å². The summed E-state index contributed by atoms with van der Waals surface area (Å²) in [7, 11) is 0. The van der Waals surface area contributed by atoms with Crippen LogP contribution in [0.25, 0.3) is 0 Å². The summed E-state index contributed by atoms with van der Waals surface area (Å²) in [6.45, 7) is 3.86. The lowest BCUT2D eigenvalue weighted by Gasteiger charge is -2.19. The van der Waals surface area contributed by atoms with Crippen molar-refractivity contribution in [3.05, 3.63) is 0 Å². The fourth-order valence-corrected chi connectivity index (χ4v) is 5.18. The highest BCUT2D eigenvalue weighted by atomic mass is 16.6. The van der Waals surface area contributed by atoms with Gasteiger partial charge < -0.3 is 24.4 Å². The predicted octanol–water partition coefficient (Wildman–Crippen LogP) is 8.99. The van der Waals surface area contributed by atoms with Crippen LogP contribution in [0.5, 0.6) is 0 Å². The zero-order valence-electron chi connectivity index (χ0n) is 28.3. The monoisotopic (exact) mass is 615 g/mol. The van der Waals surface area contributed by atoms with Crippen molar-refractivity contribution in [2.45, 2.75) is 193 Å². The van der Waals surface area contributed by atoms with Crippen molar-refractivity contribution < 1.29 is 34.0 Å². The Balaban J connectivity index is 3.89. The van der Waals surface area contributed by atoms with Gasteiger partial charge in [0, 0.05) is 12.8 Å². The number of hydrogen-bond donors (Lipinski definition) is 2. The Labute approximate surface area is 265 Å². The first-order valence-electron chi connectivity index (χ1n) is 18.2. The van der Waals surface area contributed by atoms with Crippen LogP contribution in [0.3, 0.4) is 0 Å². The molecule has 2 atom stereocenters. The highest BCUT2D eigenvalue weighted by Gasteiger charge is 2.17. The highest BCUT2D eigenvalue weighted by Crippen LogP contribution is 2.14. The number of esters is 2. The number of aliphatic hydroxyl groups is 2. The van der Waals surface area contributed by atoms with Crippen molar-refractivity contribution in [3.63, 3.8) is 0 Å². The fraction of sp³-hybridized carbons (Fsp3) is 0.944. The number of unbranched alkanes of at least 4 members (excludes halogenated alkanes) is 22. The third-order valence-corrected chi connectivity index (χ3v) is 8.06. The minimum absolute atomic E-state index is 0.0406. The summed E-state index contributed by atoms with van der Waals surface area (Å²) in [6.07, 6.45) is 28.8. The van der Waals surface area contributed by atoms with Gasteiger partial charge in [-0.15, -0.1) is 0 Å². The molecular weight excluding hydrogens is 544 g/mol. The third-order valence-electron chi connectivity index (χ3n) is 8.06. The Hall–Kier alpha value is -1.18. The lowest BCUT2D eigenvalue weighted by molar-refractivity contribution is -0.157. The maximum atomic E-state index is 12.2. The van der Waals surface area contributed by atoms with Gasteiger partial charge in [-0.25, -0.2) is 0 Å². The minimum atomic E-state index is -1.03. The molecule has 0 fully saturated rings. The smallest absolute Gasteiger partial charge is 0.305 e. The standard InChI is InChI=1S/C36H70O7/c1-3-5-7-9-11-13-14-15-16-17-18-20-22-24-26-28-36(40)43-32-34(41-30-33(38)29-37)31-42-35(39)27-25-23-21-19-12-10-8-6-4-2/h33-34,37-38H,3-32H2,1-2H3. The van der Waals surface area contributed by atoms with E-state index >= 15 is 0 Å². The second-order valence-electron chi connectivity index (χ2n) is 12.4. The van der Waals surface area contributed by atoms with Crippen molar-refractivity contribution in [2.75, 3.05) is 26.4 Å². The molecule has 0 heterocycles. The molecule has 0 saturated heterocycles. The quantitative estimate of drug-likeness (QED) is 0.0551. The van der Waals surface area contributed by atoms with E-state index in [0.29, 0.717) is 12.8 Å². The van der Waals surface area contributed by atoms with Gasteiger partial charge in [0.2, 0.25) is 0 Å². The van der Waals surface area contributed by atoms with E-state index in [-0.39, 0.29) is 31.8 Å². The minimum Gasteiger partial charge on any atom is -0.463 e.